The number of aromatic nitrogens is 2. The Bertz CT molecular complexity index is 676. The maximum absolute atomic E-state index is 7.81. The van der Waals surface area contributed by atoms with Gasteiger partial charge in [0.1, 0.15) is 5.82 Å². The Labute approximate surface area is 151 Å². The number of halogens is 1. The molecular weight excluding hydrogens is 344 g/mol. The van der Waals surface area contributed by atoms with Gasteiger partial charge in [0.25, 0.3) is 0 Å². The number of ether oxygens (including phenoxy) is 1. The van der Waals surface area contributed by atoms with Crippen LogP contribution in [0.3, 0.4) is 0 Å². The van der Waals surface area contributed by atoms with E-state index in [1.165, 1.54) is 11.3 Å². The van der Waals surface area contributed by atoms with Crippen LogP contribution in [0.5, 0.6) is 0 Å². The van der Waals surface area contributed by atoms with Gasteiger partial charge in [-0.3, -0.25) is 5.41 Å². The molecule has 2 aromatic heterocycles. The molecular formula is C17H23ClN4OS. The van der Waals surface area contributed by atoms with E-state index in [9.17, 15) is 0 Å². The van der Waals surface area contributed by atoms with E-state index >= 15 is 0 Å². The largest absolute Gasteiger partial charge is 0.478 e. The average Bonchev–Trinajstić information content (AvgIpc) is 3.22. The van der Waals surface area contributed by atoms with Gasteiger partial charge in [-0.25, -0.2) is 4.98 Å². The predicted molar refractivity (Wildman–Crippen MR) is 102 cm³/mol. The van der Waals surface area contributed by atoms with E-state index < -0.39 is 0 Å². The van der Waals surface area contributed by atoms with Crippen LogP contribution in [0.25, 0.3) is 16.6 Å². The lowest BCUT2D eigenvalue weighted by Gasteiger charge is -2.17. The van der Waals surface area contributed by atoms with E-state index in [0.29, 0.717) is 12.4 Å². The van der Waals surface area contributed by atoms with Crippen LogP contribution in [0, 0.1) is 5.41 Å². The van der Waals surface area contributed by atoms with Gasteiger partial charge in [0.05, 0.1) is 27.7 Å². The van der Waals surface area contributed by atoms with Crippen LogP contribution in [-0.2, 0) is 4.74 Å². The lowest BCUT2D eigenvalue weighted by Crippen LogP contribution is -2.25. The van der Waals surface area contributed by atoms with Gasteiger partial charge in [-0.2, -0.15) is 0 Å². The number of H-pyrrole nitrogens is 1. The summed E-state index contributed by atoms with van der Waals surface area (Å²) >= 11 is 7.44. The number of hydrogen-bond donors (Lipinski definition) is 2. The monoisotopic (exact) mass is 366 g/mol. The molecule has 0 amide bonds. The SMILES string of the molecule is CCN(CC)CCCOC(=N)/C=C\c1ncc(-c2ccc(Cl)s2)[nH]1. The number of nitrogens with one attached hydrogen (secondary N) is 2. The Morgan fingerprint density at radius 2 is 2.21 bits per heavy atom. The van der Waals surface area contributed by atoms with Crippen molar-refractivity contribution in [1.82, 2.24) is 14.9 Å². The molecule has 0 aliphatic carbocycles. The molecule has 0 radical (unpaired) electrons. The number of aromatic amines is 1. The summed E-state index contributed by atoms with van der Waals surface area (Å²) in [6.07, 6.45) is 6.03. The Kier molecular flexibility index (Phi) is 7.49. The fourth-order valence-electron chi connectivity index (χ4n) is 2.22. The van der Waals surface area contributed by atoms with Crippen LogP contribution in [-0.4, -0.2) is 47.0 Å². The van der Waals surface area contributed by atoms with Crippen molar-refractivity contribution in [2.24, 2.45) is 0 Å². The fraction of sp³-hybridized carbons (Fsp3) is 0.412. The summed E-state index contributed by atoms with van der Waals surface area (Å²) in [5.74, 6) is 0.831. The Hall–Kier alpha value is -1.63. The predicted octanol–water partition coefficient (Wildman–Crippen LogP) is 4.53. The average molecular weight is 367 g/mol. The number of nitrogens with zero attached hydrogens (tertiary/aromatic N) is 2. The van der Waals surface area contributed by atoms with E-state index in [4.69, 9.17) is 21.7 Å². The van der Waals surface area contributed by atoms with E-state index in [-0.39, 0.29) is 5.90 Å². The van der Waals surface area contributed by atoms with E-state index in [1.807, 2.05) is 12.1 Å². The highest BCUT2D eigenvalue weighted by molar-refractivity contribution is 7.19. The Morgan fingerprint density at radius 3 is 2.88 bits per heavy atom. The highest BCUT2D eigenvalue weighted by Gasteiger charge is 2.05. The normalized spacial score (nSPS) is 11.5. The molecule has 0 aromatic carbocycles. The molecule has 0 aliphatic rings. The molecule has 2 rings (SSSR count). The van der Waals surface area contributed by atoms with Crippen LogP contribution < -0.4 is 0 Å². The first-order chi connectivity index (χ1) is 11.6. The van der Waals surface area contributed by atoms with Gasteiger partial charge in [0.2, 0.25) is 5.90 Å². The quantitative estimate of drug-likeness (QED) is 0.389. The zero-order valence-electron chi connectivity index (χ0n) is 14.0. The fourth-order valence-corrected chi connectivity index (χ4v) is 3.23. The molecule has 0 atom stereocenters. The van der Waals surface area contributed by atoms with Crippen molar-refractivity contribution in [2.45, 2.75) is 20.3 Å². The summed E-state index contributed by atoms with van der Waals surface area (Å²) in [5.41, 5.74) is 0.915. The first kappa shape index (κ1) is 18.7. The summed E-state index contributed by atoms with van der Waals surface area (Å²) in [5, 5.41) is 7.81. The molecule has 0 fully saturated rings. The third-order valence-electron chi connectivity index (χ3n) is 3.60. The number of hydrogen-bond acceptors (Lipinski definition) is 5. The second-order valence-corrected chi connectivity index (χ2v) is 6.93. The van der Waals surface area contributed by atoms with Crippen molar-refractivity contribution in [3.63, 3.8) is 0 Å². The lowest BCUT2D eigenvalue weighted by atomic mass is 10.4. The number of imidazole rings is 1. The van der Waals surface area contributed by atoms with Gasteiger partial charge in [-0.1, -0.05) is 25.4 Å². The van der Waals surface area contributed by atoms with Gasteiger partial charge in [-0.05, 0) is 37.7 Å². The van der Waals surface area contributed by atoms with Gasteiger partial charge < -0.3 is 14.6 Å². The molecule has 0 saturated carbocycles. The molecule has 2 aromatic rings. The van der Waals surface area contributed by atoms with E-state index in [2.05, 4.69) is 28.7 Å². The molecule has 0 unspecified atom stereocenters. The topological polar surface area (TPSA) is 65.0 Å². The molecule has 2 N–H and O–H groups in total. The van der Waals surface area contributed by atoms with E-state index in [0.717, 1.165) is 41.0 Å². The van der Waals surface area contributed by atoms with Gasteiger partial charge in [0.15, 0.2) is 0 Å². The summed E-state index contributed by atoms with van der Waals surface area (Å²) in [6.45, 7) is 7.94. The molecule has 24 heavy (non-hydrogen) atoms. The summed E-state index contributed by atoms with van der Waals surface area (Å²) in [4.78, 5) is 10.8. The molecule has 7 heteroatoms. The van der Waals surface area contributed by atoms with Crippen LogP contribution in [0.15, 0.2) is 24.4 Å². The zero-order valence-corrected chi connectivity index (χ0v) is 15.6. The van der Waals surface area contributed by atoms with Crippen molar-refractivity contribution in [2.75, 3.05) is 26.2 Å². The molecule has 0 spiro atoms. The molecule has 2 heterocycles. The lowest BCUT2D eigenvalue weighted by molar-refractivity contribution is 0.243. The maximum Gasteiger partial charge on any atom is 0.205 e. The standard InChI is InChI=1S/C17H23ClN4OS/c1-3-22(4-2)10-5-11-23-16(19)8-9-17-20-12-13(21-17)14-6-7-15(18)24-14/h6-9,12,19H,3-5,10-11H2,1-2H3,(H,20,21)/b9-8-,19-16?. The molecule has 0 bridgehead atoms. The van der Waals surface area contributed by atoms with Gasteiger partial charge >= 0.3 is 0 Å². The number of thiophene rings is 1. The Balaban J connectivity index is 1.77. The first-order valence-electron chi connectivity index (χ1n) is 8.04. The summed E-state index contributed by atoms with van der Waals surface area (Å²) < 4.78 is 6.16. The minimum atomic E-state index is 0.145. The van der Waals surface area contributed by atoms with Crippen LogP contribution >= 0.6 is 22.9 Å². The van der Waals surface area contributed by atoms with Crippen LogP contribution in [0.2, 0.25) is 4.34 Å². The highest BCUT2D eigenvalue weighted by Crippen LogP contribution is 2.29. The minimum Gasteiger partial charge on any atom is -0.478 e. The molecule has 0 aliphatic heterocycles. The third kappa shape index (κ3) is 5.78. The van der Waals surface area contributed by atoms with Crippen molar-refractivity contribution >= 4 is 34.9 Å². The molecule has 130 valence electrons. The van der Waals surface area contributed by atoms with Gasteiger partial charge in [0, 0.05) is 12.6 Å². The Morgan fingerprint density at radius 1 is 1.42 bits per heavy atom. The van der Waals surface area contributed by atoms with Crippen molar-refractivity contribution in [1.29, 1.82) is 5.41 Å². The minimum absolute atomic E-state index is 0.145. The molecule has 5 nitrogen and oxygen atoms in total. The van der Waals surface area contributed by atoms with E-state index in [1.54, 1.807) is 18.3 Å². The summed E-state index contributed by atoms with van der Waals surface area (Å²) in [7, 11) is 0. The third-order valence-corrected chi connectivity index (χ3v) is 4.86. The van der Waals surface area contributed by atoms with Crippen molar-refractivity contribution in [3.8, 4) is 10.6 Å². The maximum atomic E-state index is 7.81. The highest BCUT2D eigenvalue weighted by atomic mass is 35.5. The zero-order chi connectivity index (χ0) is 17.4. The molecule has 0 saturated heterocycles. The van der Waals surface area contributed by atoms with Crippen molar-refractivity contribution in [3.05, 3.63) is 34.6 Å². The summed E-state index contributed by atoms with van der Waals surface area (Å²) in [6, 6.07) is 3.81. The first-order valence-corrected chi connectivity index (χ1v) is 9.24. The van der Waals surface area contributed by atoms with Crippen LogP contribution in [0.4, 0.5) is 0 Å². The second kappa shape index (κ2) is 9.61. The van der Waals surface area contributed by atoms with Gasteiger partial charge in [-0.15, -0.1) is 11.3 Å². The van der Waals surface area contributed by atoms with Crippen LogP contribution in [0.1, 0.15) is 26.1 Å². The number of rotatable bonds is 9. The second-order valence-electron chi connectivity index (χ2n) is 5.21. The van der Waals surface area contributed by atoms with Crippen molar-refractivity contribution < 1.29 is 4.74 Å². The smallest absolute Gasteiger partial charge is 0.205 e.